The lowest BCUT2D eigenvalue weighted by atomic mass is 10.1. The number of aromatic nitrogens is 2. The first kappa shape index (κ1) is 19.3. The SMILES string of the molecule is CC(C)Cc1noc(COC(=O)CN2C(=O)c3cc(Cl)c(Cl)cc3C2=O)n1. The summed E-state index contributed by atoms with van der Waals surface area (Å²) in [4.78, 5) is 41.6. The number of hydrogen-bond acceptors (Lipinski definition) is 7. The summed E-state index contributed by atoms with van der Waals surface area (Å²) in [6.45, 7) is 3.23. The smallest absolute Gasteiger partial charge is 0.326 e. The summed E-state index contributed by atoms with van der Waals surface area (Å²) in [5.41, 5.74) is 0.190. The summed E-state index contributed by atoms with van der Waals surface area (Å²) in [6, 6.07) is 2.61. The highest BCUT2D eigenvalue weighted by atomic mass is 35.5. The van der Waals surface area contributed by atoms with Crippen molar-refractivity contribution in [2.24, 2.45) is 5.92 Å². The van der Waals surface area contributed by atoms with Crippen LogP contribution in [0, 0.1) is 5.92 Å². The van der Waals surface area contributed by atoms with Crippen LogP contribution in [0.2, 0.25) is 10.0 Å². The first-order valence-corrected chi connectivity index (χ1v) is 8.84. The van der Waals surface area contributed by atoms with Crippen LogP contribution >= 0.6 is 23.2 Å². The lowest BCUT2D eigenvalue weighted by molar-refractivity contribution is -0.146. The van der Waals surface area contributed by atoms with E-state index in [2.05, 4.69) is 10.1 Å². The molecule has 1 aromatic carbocycles. The van der Waals surface area contributed by atoms with Gasteiger partial charge in [-0.25, -0.2) is 0 Å². The molecule has 0 spiro atoms. The molecule has 10 heteroatoms. The van der Waals surface area contributed by atoms with E-state index in [0.29, 0.717) is 18.2 Å². The predicted octanol–water partition coefficient (Wildman–Crippen LogP) is 2.91. The molecule has 1 aromatic heterocycles. The number of fused-ring (bicyclic) bond motifs is 1. The second-order valence-corrected chi connectivity index (χ2v) is 7.19. The van der Waals surface area contributed by atoms with Gasteiger partial charge in [0.1, 0.15) is 6.54 Å². The fraction of sp³-hybridized carbons (Fsp3) is 0.353. The van der Waals surface area contributed by atoms with Crippen LogP contribution in [0.4, 0.5) is 0 Å². The number of rotatable bonds is 6. The molecule has 142 valence electrons. The molecule has 0 saturated carbocycles. The van der Waals surface area contributed by atoms with Gasteiger partial charge in [-0.3, -0.25) is 19.3 Å². The number of nitrogens with zero attached hydrogens (tertiary/aromatic N) is 3. The number of benzene rings is 1. The van der Waals surface area contributed by atoms with E-state index in [9.17, 15) is 14.4 Å². The Kier molecular flexibility index (Phi) is 5.48. The molecule has 0 aliphatic carbocycles. The Labute approximate surface area is 164 Å². The zero-order chi connectivity index (χ0) is 19.7. The van der Waals surface area contributed by atoms with Crippen LogP contribution in [0.25, 0.3) is 0 Å². The van der Waals surface area contributed by atoms with Crippen molar-refractivity contribution in [2.45, 2.75) is 26.9 Å². The van der Waals surface area contributed by atoms with Gasteiger partial charge in [-0.1, -0.05) is 42.2 Å². The number of amides is 2. The Morgan fingerprint density at radius 3 is 2.33 bits per heavy atom. The Morgan fingerprint density at radius 1 is 1.19 bits per heavy atom. The van der Waals surface area contributed by atoms with Crippen LogP contribution in [0.1, 0.15) is 46.3 Å². The highest BCUT2D eigenvalue weighted by Gasteiger charge is 2.37. The maximum absolute atomic E-state index is 12.3. The van der Waals surface area contributed by atoms with E-state index in [0.717, 1.165) is 4.90 Å². The molecule has 2 amide bonds. The number of hydrogen-bond donors (Lipinski definition) is 0. The van der Waals surface area contributed by atoms with Gasteiger partial charge in [-0.15, -0.1) is 0 Å². The zero-order valence-corrected chi connectivity index (χ0v) is 16.0. The average molecular weight is 412 g/mol. The molecule has 2 heterocycles. The number of ether oxygens (including phenoxy) is 1. The van der Waals surface area contributed by atoms with Gasteiger partial charge >= 0.3 is 5.97 Å². The van der Waals surface area contributed by atoms with Gasteiger partial charge in [0, 0.05) is 6.42 Å². The van der Waals surface area contributed by atoms with Crippen molar-refractivity contribution in [3.63, 3.8) is 0 Å². The highest BCUT2D eigenvalue weighted by molar-refractivity contribution is 6.43. The molecule has 8 nitrogen and oxygen atoms in total. The standard InChI is InChI=1S/C17H15Cl2N3O5/c1-8(2)3-13-20-14(27-21-13)7-26-15(23)6-22-16(24)9-4-11(18)12(19)5-10(9)17(22)25/h4-5,8H,3,6-7H2,1-2H3. The molecule has 3 rings (SSSR count). The van der Waals surface area contributed by atoms with Gasteiger partial charge in [0.15, 0.2) is 12.4 Å². The largest absolute Gasteiger partial charge is 0.454 e. The third-order valence-electron chi connectivity index (χ3n) is 3.76. The number of esters is 1. The Balaban J connectivity index is 1.61. The second-order valence-electron chi connectivity index (χ2n) is 6.37. The Bertz CT molecular complexity index is 884. The van der Waals surface area contributed by atoms with Gasteiger partial charge in [0.05, 0.1) is 21.2 Å². The van der Waals surface area contributed by atoms with Gasteiger partial charge < -0.3 is 9.26 Å². The topological polar surface area (TPSA) is 103 Å². The highest BCUT2D eigenvalue weighted by Crippen LogP contribution is 2.31. The first-order valence-electron chi connectivity index (χ1n) is 8.08. The first-order chi connectivity index (χ1) is 12.8. The van der Waals surface area contributed by atoms with Crippen molar-refractivity contribution >= 4 is 41.0 Å². The van der Waals surface area contributed by atoms with Crippen LogP contribution in [0.15, 0.2) is 16.7 Å². The van der Waals surface area contributed by atoms with Crippen LogP contribution in [-0.4, -0.2) is 39.4 Å². The van der Waals surface area contributed by atoms with Gasteiger partial charge in [0.25, 0.3) is 17.7 Å². The molecular weight excluding hydrogens is 397 g/mol. The molecule has 0 fully saturated rings. The fourth-order valence-corrected chi connectivity index (χ4v) is 2.87. The van der Waals surface area contributed by atoms with E-state index >= 15 is 0 Å². The normalized spacial score (nSPS) is 13.4. The fourth-order valence-electron chi connectivity index (χ4n) is 2.54. The number of imide groups is 1. The van der Waals surface area contributed by atoms with Crippen molar-refractivity contribution in [2.75, 3.05) is 6.54 Å². The minimum absolute atomic E-state index is 0.0948. The third-order valence-corrected chi connectivity index (χ3v) is 4.48. The monoisotopic (exact) mass is 411 g/mol. The van der Waals surface area contributed by atoms with Gasteiger partial charge in [-0.2, -0.15) is 4.98 Å². The summed E-state index contributed by atoms with van der Waals surface area (Å²) in [5, 5.41) is 4.08. The summed E-state index contributed by atoms with van der Waals surface area (Å²) >= 11 is 11.8. The number of halogens is 2. The molecule has 1 aliphatic rings. The Hall–Kier alpha value is -2.45. The van der Waals surface area contributed by atoms with Gasteiger partial charge in [0.2, 0.25) is 0 Å². The van der Waals surface area contributed by atoms with Crippen molar-refractivity contribution in [3.05, 3.63) is 45.0 Å². The van der Waals surface area contributed by atoms with Crippen LogP contribution in [0.3, 0.4) is 0 Å². The predicted molar refractivity (Wildman–Crippen MR) is 94.5 cm³/mol. The van der Waals surface area contributed by atoms with Crippen molar-refractivity contribution < 1.29 is 23.6 Å². The lowest BCUT2D eigenvalue weighted by Gasteiger charge is -2.12. The van der Waals surface area contributed by atoms with Gasteiger partial charge in [-0.05, 0) is 18.1 Å². The minimum Gasteiger partial charge on any atom is -0.454 e. The van der Waals surface area contributed by atoms with E-state index < -0.39 is 24.3 Å². The van der Waals surface area contributed by atoms with Crippen LogP contribution in [0.5, 0.6) is 0 Å². The maximum Gasteiger partial charge on any atom is 0.326 e. The second kappa shape index (κ2) is 7.66. The molecule has 1 aliphatic heterocycles. The minimum atomic E-state index is -0.787. The average Bonchev–Trinajstić information content (AvgIpc) is 3.12. The van der Waals surface area contributed by atoms with Crippen LogP contribution < -0.4 is 0 Å². The third kappa shape index (κ3) is 4.12. The van der Waals surface area contributed by atoms with E-state index in [1.165, 1.54) is 12.1 Å². The van der Waals surface area contributed by atoms with E-state index in [1.807, 2.05) is 13.8 Å². The lowest BCUT2D eigenvalue weighted by Crippen LogP contribution is -2.35. The van der Waals surface area contributed by atoms with Crippen molar-refractivity contribution in [1.29, 1.82) is 0 Å². The summed E-state index contributed by atoms with van der Waals surface area (Å²) in [7, 11) is 0. The van der Waals surface area contributed by atoms with Crippen molar-refractivity contribution in [1.82, 2.24) is 15.0 Å². The number of carbonyl (C=O) groups is 3. The Morgan fingerprint density at radius 2 is 1.78 bits per heavy atom. The molecular formula is C17H15Cl2N3O5. The molecule has 27 heavy (non-hydrogen) atoms. The summed E-state index contributed by atoms with van der Waals surface area (Å²) in [5.74, 6) is -1.05. The quantitative estimate of drug-likeness (QED) is 0.531. The molecule has 0 unspecified atom stereocenters. The van der Waals surface area contributed by atoms with Crippen LogP contribution in [-0.2, 0) is 22.6 Å². The molecule has 0 saturated heterocycles. The van der Waals surface area contributed by atoms with Crippen molar-refractivity contribution in [3.8, 4) is 0 Å². The molecule has 0 N–H and O–H groups in total. The summed E-state index contributed by atoms with van der Waals surface area (Å²) in [6.07, 6.45) is 0.637. The summed E-state index contributed by atoms with van der Waals surface area (Å²) < 4.78 is 10.0. The zero-order valence-electron chi connectivity index (χ0n) is 14.5. The van der Waals surface area contributed by atoms with E-state index in [1.54, 1.807) is 0 Å². The van der Waals surface area contributed by atoms with E-state index in [4.69, 9.17) is 32.5 Å². The molecule has 0 atom stereocenters. The maximum atomic E-state index is 12.3. The molecule has 0 radical (unpaired) electrons. The van der Waals surface area contributed by atoms with E-state index in [-0.39, 0.29) is 33.7 Å². The molecule has 2 aromatic rings. The number of carbonyl (C=O) groups excluding carboxylic acids is 3. The molecule has 0 bridgehead atoms.